The molecule has 2 amide bonds. The van der Waals surface area contributed by atoms with E-state index in [1.165, 1.54) is 19.0 Å². The summed E-state index contributed by atoms with van der Waals surface area (Å²) >= 11 is 0. The number of carbonyl (C=O) groups is 1. The number of anilines is 1. The van der Waals surface area contributed by atoms with Crippen LogP contribution in [0.1, 0.15) is 0 Å². The van der Waals surface area contributed by atoms with Crippen molar-refractivity contribution in [3.8, 4) is 0 Å². The number of halogens is 5. The van der Waals surface area contributed by atoms with Crippen molar-refractivity contribution < 1.29 is 26.7 Å². The van der Waals surface area contributed by atoms with Crippen LogP contribution in [0.5, 0.6) is 0 Å². The Labute approximate surface area is 111 Å². The Morgan fingerprint density at radius 1 is 0.900 bits per heavy atom. The van der Waals surface area contributed by atoms with Crippen LogP contribution >= 0.6 is 0 Å². The van der Waals surface area contributed by atoms with Gasteiger partial charge in [0.2, 0.25) is 5.82 Å². The monoisotopic (exact) mass is 297 g/mol. The maximum absolute atomic E-state index is 13.2. The average molecular weight is 297 g/mol. The van der Waals surface area contributed by atoms with E-state index < -0.39 is 40.8 Å². The minimum Gasteiger partial charge on any atom is -0.378 e. The summed E-state index contributed by atoms with van der Waals surface area (Å²) in [7, 11) is 2.96. The Hall–Kier alpha value is -2.06. The number of benzene rings is 1. The van der Waals surface area contributed by atoms with Gasteiger partial charge in [0.25, 0.3) is 0 Å². The predicted octanol–water partition coefficient (Wildman–Crippen LogP) is 2.07. The van der Waals surface area contributed by atoms with Gasteiger partial charge in [-0.2, -0.15) is 0 Å². The van der Waals surface area contributed by atoms with Gasteiger partial charge in [-0.15, -0.1) is 0 Å². The standard InChI is InChI=1S/C11H12F5N3O/c1-19(2)11(20)18-4-3-17-10-8(15)6(13)5(12)7(14)9(10)16/h17H,3-4H2,1-2H3,(H,18,20). The second-order valence-corrected chi connectivity index (χ2v) is 4.00. The number of nitrogens with zero attached hydrogens (tertiary/aromatic N) is 1. The van der Waals surface area contributed by atoms with Crippen LogP contribution in [0.25, 0.3) is 0 Å². The summed E-state index contributed by atoms with van der Waals surface area (Å²) in [5, 5.41) is 4.40. The van der Waals surface area contributed by atoms with Crippen LogP contribution in [0.15, 0.2) is 0 Å². The molecule has 0 spiro atoms. The van der Waals surface area contributed by atoms with Gasteiger partial charge < -0.3 is 15.5 Å². The first-order valence-electron chi connectivity index (χ1n) is 5.47. The Balaban J connectivity index is 2.72. The SMILES string of the molecule is CN(C)C(=O)NCCNc1c(F)c(F)c(F)c(F)c1F. The molecule has 0 heterocycles. The normalized spacial score (nSPS) is 10.3. The van der Waals surface area contributed by atoms with E-state index in [2.05, 4.69) is 10.6 Å². The van der Waals surface area contributed by atoms with E-state index >= 15 is 0 Å². The highest BCUT2D eigenvalue weighted by atomic mass is 19.2. The Kier molecular flexibility index (Phi) is 5.12. The van der Waals surface area contributed by atoms with Crippen LogP contribution in [0.3, 0.4) is 0 Å². The largest absolute Gasteiger partial charge is 0.378 e. The lowest BCUT2D eigenvalue weighted by Crippen LogP contribution is -2.37. The number of nitrogens with one attached hydrogen (secondary N) is 2. The van der Waals surface area contributed by atoms with Crippen LogP contribution in [0.4, 0.5) is 32.4 Å². The third kappa shape index (κ3) is 3.28. The van der Waals surface area contributed by atoms with Crippen molar-refractivity contribution in [1.29, 1.82) is 0 Å². The highest BCUT2D eigenvalue weighted by molar-refractivity contribution is 5.73. The zero-order valence-electron chi connectivity index (χ0n) is 10.7. The molecule has 0 bridgehead atoms. The molecule has 0 unspecified atom stereocenters. The number of carbonyl (C=O) groups excluding carboxylic acids is 1. The molecule has 0 saturated carbocycles. The lowest BCUT2D eigenvalue weighted by Gasteiger charge is -2.13. The fourth-order valence-corrected chi connectivity index (χ4v) is 1.28. The van der Waals surface area contributed by atoms with E-state index in [4.69, 9.17) is 0 Å². The van der Waals surface area contributed by atoms with Gasteiger partial charge in [-0.05, 0) is 0 Å². The van der Waals surface area contributed by atoms with Crippen LogP contribution in [0.2, 0.25) is 0 Å². The van der Waals surface area contributed by atoms with E-state index in [9.17, 15) is 26.7 Å². The summed E-state index contributed by atoms with van der Waals surface area (Å²) in [6, 6.07) is -0.454. The molecule has 1 aromatic rings. The maximum atomic E-state index is 13.2. The van der Waals surface area contributed by atoms with Gasteiger partial charge in [0.05, 0.1) is 0 Å². The average Bonchev–Trinajstić information content (AvgIpc) is 2.41. The summed E-state index contributed by atoms with van der Waals surface area (Å²) in [4.78, 5) is 12.3. The lowest BCUT2D eigenvalue weighted by atomic mass is 10.2. The van der Waals surface area contributed by atoms with Crippen molar-refractivity contribution >= 4 is 11.7 Å². The zero-order valence-corrected chi connectivity index (χ0v) is 10.7. The first-order valence-corrected chi connectivity index (χ1v) is 5.47. The van der Waals surface area contributed by atoms with Crippen molar-refractivity contribution in [3.05, 3.63) is 29.1 Å². The number of urea groups is 1. The third-order valence-electron chi connectivity index (χ3n) is 2.32. The smallest absolute Gasteiger partial charge is 0.316 e. The van der Waals surface area contributed by atoms with E-state index in [-0.39, 0.29) is 13.1 Å². The second kappa shape index (κ2) is 6.40. The van der Waals surface area contributed by atoms with E-state index in [1.807, 2.05) is 0 Å². The number of rotatable bonds is 4. The molecule has 2 N–H and O–H groups in total. The molecular weight excluding hydrogens is 285 g/mol. The first-order chi connectivity index (χ1) is 9.27. The first kappa shape index (κ1) is 16.0. The summed E-state index contributed by atoms with van der Waals surface area (Å²) in [5.41, 5.74) is -1.12. The molecule has 0 saturated heterocycles. The molecule has 20 heavy (non-hydrogen) atoms. The topological polar surface area (TPSA) is 44.4 Å². The van der Waals surface area contributed by atoms with E-state index in [0.717, 1.165) is 0 Å². The molecule has 0 radical (unpaired) electrons. The van der Waals surface area contributed by atoms with E-state index in [1.54, 1.807) is 0 Å². The molecule has 4 nitrogen and oxygen atoms in total. The highest BCUT2D eigenvalue weighted by Gasteiger charge is 2.25. The molecule has 112 valence electrons. The molecule has 0 aliphatic carbocycles. The number of amides is 2. The van der Waals surface area contributed by atoms with Gasteiger partial charge in [0.15, 0.2) is 23.3 Å². The Morgan fingerprint density at radius 3 is 1.80 bits per heavy atom. The molecule has 0 aliphatic rings. The quantitative estimate of drug-likeness (QED) is 0.387. The fraction of sp³-hybridized carbons (Fsp3) is 0.364. The molecular formula is C11H12F5N3O. The van der Waals surface area contributed by atoms with Gasteiger partial charge in [-0.25, -0.2) is 26.7 Å². The van der Waals surface area contributed by atoms with Gasteiger partial charge in [-0.3, -0.25) is 0 Å². The Morgan fingerprint density at radius 2 is 1.35 bits per heavy atom. The van der Waals surface area contributed by atoms with Gasteiger partial charge in [0, 0.05) is 27.2 Å². The summed E-state index contributed by atoms with van der Waals surface area (Å²) in [6.45, 7) is -0.269. The van der Waals surface area contributed by atoms with Crippen molar-refractivity contribution in [2.24, 2.45) is 0 Å². The number of hydrogen-bond acceptors (Lipinski definition) is 2. The van der Waals surface area contributed by atoms with Crippen LogP contribution < -0.4 is 10.6 Å². The summed E-state index contributed by atoms with van der Waals surface area (Å²) in [5.74, 6) is -10.2. The molecule has 9 heteroatoms. The van der Waals surface area contributed by atoms with Crippen molar-refractivity contribution in [3.63, 3.8) is 0 Å². The highest BCUT2D eigenvalue weighted by Crippen LogP contribution is 2.26. The third-order valence-corrected chi connectivity index (χ3v) is 2.32. The van der Waals surface area contributed by atoms with Crippen LogP contribution in [-0.2, 0) is 0 Å². The minimum atomic E-state index is -2.22. The van der Waals surface area contributed by atoms with E-state index in [0.29, 0.717) is 0 Å². The van der Waals surface area contributed by atoms with Crippen molar-refractivity contribution in [2.75, 3.05) is 32.5 Å². The fourth-order valence-electron chi connectivity index (χ4n) is 1.28. The zero-order chi connectivity index (χ0) is 15.4. The molecule has 0 aliphatic heterocycles. The Bertz CT molecular complexity index is 492. The molecule has 0 atom stereocenters. The lowest BCUT2D eigenvalue weighted by molar-refractivity contribution is 0.218. The number of hydrogen-bond donors (Lipinski definition) is 2. The van der Waals surface area contributed by atoms with Crippen molar-refractivity contribution in [1.82, 2.24) is 10.2 Å². The molecule has 0 fully saturated rings. The van der Waals surface area contributed by atoms with Crippen LogP contribution in [0, 0.1) is 29.1 Å². The van der Waals surface area contributed by atoms with Crippen molar-refractivity contribution in [2.45, 2.75) is 0 Å². The molecule has 0 aromatic heterocycles. The maximum Gasteiger partial charge on any atom is 0.316 e. The summed E-state index contributed by atoms with van der Waals surface area (Å²) < 4.78 is 65.0. The second-order valence-electron chi connectivity index (χ2n) is 4.00. The van der Waals surface area contributed by atoms with Gasteiger partial charge >= 0.3 is 6.03 Å². The molecule has 1 aromatic carbocycles. The molecule has 1 rings (SSSR count). The minimum absolute atomic E-state index is 0.0590. The van der Waals surface area contributed by atoms with Crippen LogP contribution in [-0.4, -0.2) is 38.1 Å². The summed E-state index contributed by atoms with van der Waals surface area (Å²) in [6.07, 6.45) is 0. The van der Waals surface area contributed by atoms with Gasteiger partial charge in [-0.1, -0.05) is 0 Å². The predicted molar refractivity (Wildman–Crippen MR) is 61.8 cm³/mol. The van der Waals surface area contributed by atoms with Gasteiger partial charge in [0.1, 0.15) is 5.69 Å².